The first-order chi connectivity index (χ1) is 9.31. The first-order valence-electron chi connectivity index (χ1n) is 5.09. The molecule has 0 aliphatic carbocycles. The van der Waals surface area contributed by atoms with Gasteiger partial charge in [0.25, 0.3) is 10.0 Å². The molecule has 4 nitrogen and oxygen atoms in total. The number of nitrogens with zero attached hydrogens (tertiary/aromatic N) is 1. The summed E-state index contributed by atoms with van der Waals surface area (Å²) in [6.07, 6.45) is 1.03. The van der Waals surface area contributed by atoms with Crippen molar-refractivity contribution in [3.8, 4) is 0 Å². The number of sulfonamides is 1. The first kappa shape index (κ1) is 15.5. The minimum atomic E-state index is -4.02. The van der Waals surface area contributed by atoms with E-state index in [9.17, 15) is 12.8 Å². The van der Waals surface area contributed by atoms with Crippen LogP contribution in [0, 0.1) is 5.82 Å². The Balaban J connectivity index is 2.43. The summed E-state index contributed by atoms with van der Waals surface area (Å²) in [7, 11) is -4.02. The van der Waals surface area contributed by atoms with Crippen LogP contribution in [0.3, 0.4) is 0 Å². The zero-order valence-electron chi connectivity index (χ0n) is 9.57. The van der Waals surface area contributed by atoms with Crippen molar-refractivity contribution in [3.63, 3.8) is 0 Å². The monoisotopic (exact) mass is 398 g/mol. The molecule has 0 atom stereocenters. The van der Waals surface area contributed by atoms with Gasteiger partial charge in [0.1, 0.15) is 15.9 Å². The van der Waals surface area contributed by atoms with Crippen molar-refractivity contribution in [2.45, 2.75) is 4.90 Å². The van der Waals surface area contributed by atoms with E-state index < -0.39 is 15.8 Å². The highest BCUT2D eigenvalue weighted by molar-refractivity contribution is 9.10. The second-order valence-corrected chi connectivity index (χ2v) is 6.95. The van der Waals surface area contributed by atoms with Gasteiger partial charge in [0.2, 0.25) is 0 Å². The predicted molar refractivity (Wildman–Crippen MR) is 79.2 cm³/mol. The molecule has 2 aromatic rings. The van der Waals surface area contributed by atoms with E-state index in [1.54, 1.807) is 0 Å². The Kier molecular flexibility index (Phi) is 4.53. The molecule has 1 aromatic heterocycles. The third kappa shape index (κ3) is 3.22. The molecule has 0 aliphatic rings. The molecule has 0 unspecified atom stereocenters. The number of halogens is 4. The van der Waals surface area contributed by atoms with Gasteiger partial charge in [-0.05, 0) is 34.1 Å². The van der Waals surface area contributed by atoms with Gasteiger partial charge >= 0.3 is 0 Å². The fourth-order valence-corrected chi connectivity index (χ4v) is 3.30. The van der Waals surface area contributed by atoms with Crippen LogP contribution in [0.5, 0.6) is 0 Å². The highest BCUT2D eigenvalue weighted by Gasteiger charge is 2.19. The summed E-state index contributed by atoms with van der Waals surface area (Å²) in [6.45, 7) is 0. The largest absolute Gasteiger partial charge is 0.275 e. The van der Waals surface area contributed by atoms with Crippen molar-refractivity contribution in [1.29, 1.82) is 0 Å². The van der Waals surface area contributed by atoms with E-state index >= 15 is 0 Å². The summed E-state index contributed by atoms with van der Waals surface area (Å²) < 4.78 is 40.3. The van der Waals surface area contributed by atoms with Crippen LogP contribution in [0.2, 0.25) is 10.2 Å². The SMILES string of the molecule is O=S(=O)(Nc1c(F)cccc1Br)c1cnc(Cl)c(Cl)c1. The molecule has 9 heteroatoms. The molecule has 0 bridgehead atoms. The van der Waals surface area contributed by atoms with Crippen LogP contribution in [-0.2, 0) is 10.0 Å². The third-order valence-corrected chi connectivity index (χ3v) is 4.94. The fraction of sp³-hybridized carbons (Fsp3) is 0. The minimum Gasteiger partial charge on any atom is -0.275 e. The second-order valence-electron chi connectivity index (χ2n) is 3.65. The van der Waals surface area contributed by atoms with Gasteiger partial charge in [0, 0.05) is 10.7 Å². The molecule has 0 amide bonds. The molecule has 106 valence electrons. The second kappa shape index (κ2) is 5.85. The maximum atomic E-state index is 13.6. The highest BCUT2D eigenvalue weighted by atomic mass is 79.9. The Morgan fingerprint density at radius 2 is 2.00 bits per heavy atom. The Bertz CT molecular complexity index is 751. The Morgan fingerprint density at radius 1 is 1.30 bits per heavy atom. The molecule has 0 saturated heterocycles. The Morgan fingerprint density at radius 3 is 2.60 bits per heavy atom. The maximum absolute atomic E-state index is 13.6. The molecule has 0 radical (unpaired) electrons. The average Bonchev–Trinajstić information content (AvgIpc) is 2.37. The molecular formula is C11H6BrCl2FN2O2S. The van der Waals surface area contributed by atoms with E-state index in [1.165, 1.54) is 12.1 Å². The number of hydrogen-bond donors (Lipinski definition) is 1. The smallest absolute Gasteiger partial charge is 0.263 e. The van der Waals surface area contributed by atoms with Crippen molar-refractivity contribution in [2.75, 3.05) is 4.72 Å². The van der Waals surface area contributed by atoms with Gasteiger partial charge in [0.05, 0.1) is 10.7 Å². The van der Waals surface area contributed by atoms with Gasteiger partial charge < -0.3 is 0 Å². The summed E-state index contributed by atoms with van der Waals surface area (Å²) in [5.41, 5.74) is -0.196. The molecule has 2 rings (SSSR count). The molecule has 1 N–H and O–H groups in total. The summed E-state index contributed by atoms with van der Waals surface area (Å²) in [5.74, 6) is -0.712. The van der Waals surface area contributed by atoms with E-state index in [0.717, 1.165) is 18.3 Å². The van der Waals surface area contributed by atoms with Gasteiger partial charge in [0.15, 0.2) is 0 Å². The van der Waals surface area contributed by atoms with Crippen molar-refractivity contribution in [2.24, 2.45) is 0 Å². The summed E-state index contributed by atoms with van der Waals surface area (Å²) in [5, 5.41) is -0.0279. The van der Waals surface area contributed by atoms with Crippen molar-refractivity contribution in [3.05, 3.63) is 50.9 Å². The molecular weight excluding hydrogens is 394 g/mol. The molecule has 1 aromatic carbocycles. The lowest BCUT2D eigenvalue weighted by Gasteiger charge is -2.10. The number of anilines is 1. The normalized spacial score (nSPS) is 11.4. The van der Waals surface area contributed by atoms with Crippen LogP contribution in [0.1, 0.15) is 0 Å². The van der Waals surface area contributed by atoms with E-state index in [-0.39, 0.29) is 25.2 Å². The number of rotatable bonds is 3. The lowest BCUT2D eigenvalue weighted by atomic mass is 10.3. The van der Waals surface area contributed by atoms with E-state index in [0.29, 0.717) is 0 Å². The van der Waals surface area contributed by atoms with Gasteiger partial charge in [-0.15, -0.1) is 0 Å². The quantitative estimate of drug-likeness (QED) is 0.790. The molecule has 0 fully saturated rings. The van der Waals surface area contributed by atoms with Gasteiger partial charge in [-0.3, -0.25) is 4.72 Å². The summed E-state index contributed by atoms with van der Waals surface area (Å²) >= 11 is 14.4. The van der Waals surface area contributed by atoms with Crippen LogP contribution >= 0.6 is 39.1 Å². The fourth-order valence-electron chi connectivity index (χ4n) is 1.34. The zero-order chi connectivity index (χ0) is 14.9. The predicted octanol–water partition coefficient (Wildman–Crippen LogP) is 4.09. The van der Waals surface area contributed by atoms with Crippen LogP contribution in [0.4, 0.5) is 10.1 Å². The molecule has 1 heterocycles. The number of nitrogens with one attached hydrogen (secondary N) is 1. The number of pyridine rings is 1. The molecule has 0 aliphatic heterocycles. The van der Waals surface area contributed by atoms with Gasteiger partial charge in [-0.1, -0.05) is 29.3 Å². The number of hydrogen-bond acceptors (Lipinski definition) is 3. The van der Waals surface area contributed by atoms with Gasteiger partial charge in [-0.25, -0.2) is 17.8 Å². The lowest BCUT2D eigenvalue weighted by molar-refractivity contribution is 0.598. The van der Waals surface area contributed by atoms with Crippen molar-refractivity contribution < 1.29 is 12.8 Å². The van der Waals surface area contributed by atoms with Gasteiger partial charge in [-0.2, -0.15) is 0 Å². The lowest BCUT2D eigenvalue weighted by Crippen LogP contribution is -2.14. The topological polar surface area (TPSA) is 59.1 Å². The molecule has 0 saturated carbocycles. The maximum Gasteiger partial charge on any atom is 0.263 e. The molecule has 0 spiro atoms. The first-order valence-corrected chi connectivity index (χ1v) is 8.12. The minimum absolute atomic E-state index is 0.0119. The van der Waals surface area contributed by atoms with Crippen molar-refractivity contribution >= 4 is 54.8 Å². The van der Waals surface area contributed by atoms with Crippen LogP contribution < -0.4 is 4.72 Å². The number of benzene rings is 1. The standard InChI is InChI=1S/C11H6BrCl2FN2O2S/c12-7-2-1-3-9(15)10(7)17-20(18,19)6-4-8(13)11(14)16-5-6/h1-5,17H. The van der Waals surface area contributed by atoms with E-state index in [2.05, 4.69) is 25.6 Å². The third-order valence-electron chi connectivity index (χ3n) is 2.28. The molecule has 20 heavy (non-hydrogen) atoms. The van der Waals surface area contributed by atoms with Crippen LogP contribution in [-0.4, -0.2) is 13.4 Å². The van der Waals surface area contributed by atoms with Crippen LogP contribution in [0.15, 0.2) is 39.8 Å². The Labute approximate surface area is 133 Å². The summed E-state index contributed by atoms with van der Waals surface area (Å²) in [6, 6.07) is 5.22. The average molecular weight is 400 g/mol. The van der Waals surface area contributed by atoms with Crippen molar-refractivity contribution in [1.82, 2.24) is 4.98 Å². The van der Waals surface area contributed by atoms with E-state index in [4.69, 9.17) is 23.2 Å². The highest BCUT2D eigenvalue weighted by Crippen LogP contribution is 2.29. The van der Waals surface area contributed by atoms with E-state index in [1.807, 2.05) is 0 Å². The number of aromatic nitrogens is 1. The zero-order valence-corrected chi connectivity index (χ0v) is 13.5. The number of para-hydroxylation sites is 1. The Hall–Kier alpha value is -0.890. The summed E-state index contributed by atoms with van der Waals surface area (Å²) in [4.78, 5) is 3.42. The van der Waals surface area contributed by atoms with Crippen LogP contribution in [0.25, 0.3) is 0 Å².